The van der Waals surface area contributed by atoms with Crippen molar-refractivity contribution in [2.45, 2.75) is 44.8 Å². The summed E-state index contributed by atoms with van der Waals surface area (Å²) in [6.45, 7) is 10.5. The van der Waals surface area contributed by atoms with Crippen molar-refractivity contribution >= 4 is 39.8 Å². The number of rotatable bonds is 6. The second-order valence-corrected chi connectivity index (χ2v) is 10.4. The molecule has 1 rings (SSSR count). The molecule has 1 aromatic rings. The zero-order chi connectivity index (χ0) is 18.4. The first-order valence-electron chi connectivity index (χ1n) is 8.22. The Hall–Kier alpha value is -0.830. The number of nitrogens with one attached hydrogen (secondary N) is 2. The van der Waals surface area contributed by atoms with Crippen molar-refractivity contribution in [3.8, 4) is 0 Å². The van der Waals surface area contributed by atoms with Crippen LogP contribution in [0.1, 0.15) is 40.2 Å². The second-order valence-electron chi connectivity index (χ2n) is 7.53. The minimum absolute atomic E-state index is 0. The van der Waals surface area contributed by atoms with Crippen molar-refractivity contribution in [3.63, 3.8) is 0 Å². The Kier molecular flexibility index (Phi) is 9.43. The number of sulfone groups is 1. The summed E-state index contributed by atoms with van der Waals surface area (Å²) < 4.78 is 23.5. The minimum Gasteiger partial charge on any atom is -0.356 e. The normalized spacial score (nSPS) is 13.1. The molecule has 25 heavy (non-hydrogen) atoms. The third kappa shape index (κ3) is 7.52. The fraction of sp³-hybridized carbons (Fsp3) is 0.611. The lowest BCUT2D eigenvalue weighted by Crippen LogP contribution is -2.45. The Balaban J connectivity index is 0.00000576. The molecule has 0 unspecified atom stereocenters. The summed E-state index contributed by atoms with van der Waals surface area (Å²) in [6.07, 6.45) is 0. The average Bonchev–Trinajstić information content (AvgIpc) is 2.50. The number of halogens is 1. The van der Waals surface area contributed by atoms with Crippen LogP contribution >= 0.6 is 24.0 Å². The monoisotopic (exact) mass is 481 g/mol. The van der Waals surface area contributed by atoms with Crippen molar-refractivity contribution in [2.75, 3.05) is 25.9 Å². The molecule has 0 bridgehead atoms. The molecule has 2 N–H and O–H groups in total. The van der Waals surface area contributed by atoms with Crippen LogP contribution in [0.15, 0.2) is 35.3 Å². The molecule has 0 aromatic heterocycles. The van der Waals surface area contributed by atoms with Crippen molar-refractivity contribution in [1.29, 1.82) is 0 Å². The Labute approximate surface area is 170 Å². The van der Waals surface area contributed by atoms with E-state index in [1.807, 2.05) is 18.2 Å². The lowest BCUT2D eigenvalue weighted by atomic mass is 9.85. The van der Waals surface area contributed by atoms with Crippen LogP contribution in [0.5, 0.6) is 0 Å². The van der Waals surface area contributed by atoms with E-state index in [4.69, 9.17) is 0 Å². The SMILES string of the molecule is CN=C(NCCS(=O)(=O)C(C)(C)C)NCC(C)(C)c1ccccc1.I. The van der Waals surface area contributed by atoms with Crippen LogP contribution in [0, 0.1) is 0 Å². The first kappa shape index (κ1) is 24.2. The molecule has 0 fully saturated rings. The van der Waals surface area contributed by atoms with Crippen LogP contribution in [0.4, 0.5) is 0 Å². The molecule has 0 spiro atoms. The number of guanidine groups is 1. The summed E-state index contributed by atoms with van der Waals surface area (Å²) in [7, 11) is -1.45. The summed E-state index contributed by atoms with van der Waals surface area (Å²) in [5, 5.41) is 6.36. The average molecular weight is 481 g/mol. The first-order valence-corrected chi connectivity index (χ1v) is 9.87. The number of hydrogen-bond donors (Lipinski definition) is 2. The summed E-state index contributed by atoms with van der Waals surface area (Å²) >= 11 is 0. The number of benzene rings is 1. The summed E-state index contributed by atoms with van der Waals surface area (Å²) in [5.74, 6) is 0.697. The molecule has 0 aliphatic carbocycles. The summed E-state index contributed by atoms with van der Waals surface area (Å²) in [5.41, 5.74) is 1.18. The quantitative estimate of drug-likeness (QED) is 0.373. The standard InChI is InChI=1S/C18H31N3O2S.HI/c1-17(2,3)24(22,23)13-12-20-16(19-6)21-14-18(4,5)15-10-8-7-9-11-15;/h7-11H,12-14H2,1-6H3,(H2,19,20,21);1H. The van der Waals surface area contributed by atoms with Gasteiger partial charge in [0, 0.05) is 25.6 Å². The Bertz CT molecular complexity index is 651. The Morgan fingerprint density at radius 2 is 1.60 bits per heavy atom. The van der Waals surface area contributed by atoms with Gasteiger partial charge in [0.15, 0.2) is 15.8 Å². The minimum atomic E-state index is -3.13. The van der Waals surface area contributed by atoms with E-state index in [-0.39, 0.29) is 35.1 Å². The Morgan fingerprint density at radius 1 is 1.04 bits per heavy atom. The van der Waals surface area contributed by atoms with Gasteiger partial charge in [-0.1, -0.05) is 44.2 Å². The molecule has 7 heteroatoms. The van der Waals surface area contributed by atoms with E-state index in [1.165, 1.54) is 5.56 Å². The van der Waals surface area contributed by atoms with Gasteiger partial charge >= 0.3 is 0 Å². The fourth-order valence-electron chi connectivity index (χ4n) is 2.13. The highest BCUT2D eigenvalue weighted by molar-refractivity contribution is 14.0. The van der Waals surface area contributed by atoms with Gasteiger partial charge in [0.1, 0.15) is 0 Å². The Morgan fingerprint density at radius 3 is 2.08 bits per heavy atom. The van der Waals surface area contributed by atoms with Crippen molar-refractivity contribution < 1.29 is 8.42 Å². The maximum absolute atomic E-state index is 12.1. The summed E-state index contributed by atoms with van der Waals surface area (Å²) in [6, 6.07) is 10.3. The van der Waals surface area contributed by atoms with Crippen LogP contribution < -0.4 is 10.6 Å². The van der Waals surface area contributed by atoms with E-state index in [1.54, 1.807) is 27.8 Å². The predicted molar refractivity (Wildman–Crippen MR) is 118 cm³/mol. The smallest absolute Gasteiger partial charge is 0.191 e. The van der Waals surface area contributed by atoms with E-state index in [2.05, 4.69) is 41.6 Å². The highest BCUT2D eigenvalue weighted by Gasteiger charge is 2.28. The zero-order valence-corrected chi connectivity index (χ0v) is 19.2. The van der Waals surface area contributed by atoms with Gasteiger partial charge in [0.25, 0.3) is 0 Å². The van der Waals surface area contributed by atoms with Gasteiger partial charge in [0.05, 0.1) is 10.5 Å². The van der Waals surface area contributed by atoms with Crippen LogP contribution in [-0.4, -0.2) is 45.0 Å². The molecule has 0 saturated carbocycles. The van der Waals surface area contributed by atoms with Gasteiger partial charge < -0.3 is 10.6 Å². The second kappa shape index (κ2) is 9.75. The number of hydrogen-bond acceptors (Lipinski definition) is 3. The van der Waals surface area contributed by atoms with Gasteiger partial charge in [-0.3, -0.25) is 4.99 Å². The topological polar surface area (TPSA) is 70.6 Å². The van der Waals surface area contributed by atoms with Crippen LogP contribution in [0.3, 0.4) is 0 Å². The number of nitrogens with zero attached hydrogens (tertiary/aromatic N) is 1. The molecule has 0 radical (unpaired) electrons. The lowest BCUT2D eigenvalue weighted by molar-refractivity contribution is 0.509. The van der Waals surface area contributed by atoms with Crippen molar-refractivity contribution in [3.05, 3.63) is 35.9 Å². The molecule has 0 saturated heterocycles. The summed E-state index contributed by atoms with van der Waals surface area (Å²) in [4.78, 5) is 4.17. The number of aliphatic imine (C=N–C) groups is 1. The molecule has 1 aromatic carbocycles. The molecule has 0 heterocycles. The third-order valence-corrected chi connectivity index (χ3v) is 6.68. The van der Waals surface area contributed by atoms with E-state index >= 15 is 0 Å². The van der Waals surface area contributed by atoms with Gasteiger partial charge in [0.2, 0.25) is 0 Å². The van der Waals surface area contributed by atoms with Crippen LogP contribution in [0.2, 0.25) is 0 Å². The maximum Gasteiger partial charge on any atom is 0.191 e. The lowest BCUT2D eigenvalue weighted by Gasteiger charge is -2.27. The predicted octanol–water partition coefficient (Wildman–Crippen LogP) is 2.96. The molecular formula is C18H32IN3O2S. The zero-order valence-electron chi connectivity index (χ0n) is 16.1. The van der Waals surface area contributed by atoms with Gasteiger partial charge in [-0.25, -0.2) is 8.42 Å². The van der Waals surface area contributed by atoms with E-state index in [9.17, 15) is 8.42 Å². The molecule has 0 aliphatic rings. The molecular weight excluding hydrogens is 449 g/mol. The highest BCUT2D eigenvalue weighted by Crippen LogP contribution is 2.21. The molecule has 5 nitrogen and oxygen atoms in total. The van der Waals surface area contributed by atoms with Crippen molar-refractivity contribution in [1.82, 2.24) is 10.6 Å². The van der Waals surface area contributed by atoms with Crippen LogP contribution in [0.25, 0.3) is 0 Å². The van der Waals surface area contributed by atoms with E-state index in [0.717, 1.165) is 0 Å². The largest absolute Gasteiger partial charge is 0.356 e. The van der Waals surface area contributed by atoms with Gasteiger partial charge in [-0.15, -0.1) is 24.0 Å². The third-order valence-electron chi connectivity index (χ3n) is 4.07. The van der Waals surface area contributed by atoms with Gasteiger partial charge in [-0.2, -0.15) is 0 Å². The van der Waals surface area contributed by atoms with E-state index < -0.39 is 14.6 Å². The maximum atomic E-state index is 12.1. The fourth-order valence-corrected chi connectivity index (χ4v) is 3.11. The molecule has 0 aliphatic heterocycles. The first-order chi connectivity index (χ1) is 11.0. The highest BCUT2D eigenvalue weighted by atomic mass is 127. The molecule has 0 atom stereocenters. The van der Waals surface area contributed by atoms with E-state index in [0.29, 0.717) is 19.0 Å². The van der Waals surface area contributed by atoms with Crippen LogP contribution in [-0.2, 0) is 15.3 Å². The molecule has 0 amide bonds. The van der Waals surface area contributed by atoms with Gasteiger partial charge in [-0.05, 0) is 26.3 Å². The molecule has 144 valence electrons. The van der Waals surface area contributed by atoms with Crippen molar-refractivity contribution in [2.24, 2.45) is 4.99 Å².